The van der Waals surface area contributed by atoms with Crippen LogP contribution in [-0.2, 0) is 10.0 Å². The van der Waals surface area contributed by atoms with E-state index in [0.29, 0.717) is 29.8 Å². The van der Waals surface area contributed by atoms with Crippen LogP contribution in [0, 0.1) is 25.7 Å². The monoisotopic (exact) mass is 302 g/mol. The molecule has 2 rings (SSSR count). The second kappa shape index (κ2) is 5.52. The zero-order chi connectivity index (χ0) is 14.2. The Morgan fingerprint density at radius 2 is 2.16 bits per heavy atom. The summed E-state index contributed by atoms with van der Waals surface area (Å²) in [6.07, 6.45) is 0.893. The number of nitrogens with zero attached hydrogens (tertiary/aromatic N) is 1. The molecule has 2 N–H and O–H groups in total. The van der Waals surface area contributed by atoms with Gasteiger partial charge in [-0.15, -0.1) is 11.3 Å². The van der Waals surface area contributed by atoms with Crippen LogP contribution in [0.5, 0.6) is 0 Å². The first-order chi connectivity index (χ1) is 8.86. The van der Waals surface area contributed by atoms with Gasteiger partial charge in [0.1, 0.15) is 4.21 Å². The maximum atomic E-state index is 12.7. The molecular formula is C13H22N2O2S2. The minimum Gasteiger partial charge on any atom is -0.330 e. The quantitative estimate of drug-likeness (QED) is 0.928. The van der Waals surface area contributed by atoms with Crippen molar-refractivity contribution < 1.29 is 8.42 Å². The van der Waals surface area contributed by atoms with Gasteiger partial charge in [0.05, 0.1) is 0 Å². The zero-order valence-electron chi connectivity index (χ0n) is 11.7. The lowest BCUT2D eigenvalue weighted by molar-refractivity contribution is 0.203. The lowest BCUT2D eigenvalue weighted by atomic mass is 9.88. The summed E-state index contributed by atoms with van der Waals surface area (Å²) in [5.41, 5.74) is 6.61. The minimum absolute atomic E-state index is 0.268. The van der Waals surface area contributed by atoms with E-state index in [1.165, 1.54) is 11.3 Å². The third-order valence-electron chi connectivity index (χ3n) is 3.95. The van der Waals surface area contributed by atoms with E-state index in [4.69, 9.17) is 5.73 Å². The van der Waals surface area contributed by atoms with Gasteiger partial charge in [-0.3, -0.25) is 0 Å². The van der Waals surface area contributed by atoms with Gasteiger partial charge in [-0.1, -0.05) is 6.92 Å². The van der Waals surface area contributed by atoms with Crippen molar-refractivity contribution >= 4 is 21.4 Å². The van der Waals surface area contributed by atoms with E-state index in [9.17, 15) is 8.42 Å². The van der Waals surface area contributed by atoms with Gasteiger partial charge in [-0.05, 0) is 50.3 Å². The maximum Gasteiger partial charge on any atom is 0.252 e. The first kappa shape index (κ1) is 15.0. The summed E-state index contributed by atoms with van der Waals surface area (Å²) < 4.78 is 27.5. The van der Waals surface area contributed by atoms with Crippen LogP contribution in [0.1, 0.15) is 23.8 Å². The number of hydrogen-bond acceptors (Lipinski definition) is 4. The molecule has 0 bridgehead atoms. The largest absolute Gasteiger partial charge is 0.330 e. The van der Waals surface area contributed by atoms with Crippen molar-refractivity contribution in [2.24, 2.45) is 17.6 Å². The highest BCUT2D eigenvalue weighted by atomic mass is 32.2. The van der Waals surface area contributed by atoms with Crippen molar-refractivity contribution in [3.8, 4) is 0 Å². The van der Waals surface area contributed by atoms with Crippen LogP contribution < -0.4 is 5.73 Å². The van der Waals surface area contributed by atoms with Crippen molar-refractivity contribution in [3.05, 3.63) is 16.5 Å². The molecular weight excluding hydrogens is 280 g/mol. The molecule has 1 aliphatic heterocycles. The topological polar surface area (TPSA) is 63.4 Å². The van der Waals surface area contributed by atoms with E-state index in [1.807, 2.05) is 19.9 Å². The molecule has 0 spiro atoms. The number of sulfonamides is 1. The average Bonchev–Trinajstić information content (AvgIpc) is 2.69. The maximum absolute atomic E-state index is 12.7. The average molecular weight is 302 g/mol. The Kier molecular flexibility index (Phi) is 4.35. The number of rotatable bonds is 3. The molecule has 6 heteroatoms. The lowest BCUT2D eigenvalue weighted by Gasteiger charge is -2.35. The van der Waals surface area contributed by atoms with Crippen LogP contribution in [0.25, 0.3) is 0 Å². The Morgan fingerprint density at radius 1 is 1.47 bits per heavy atom. The van der Waals surface area contributed by atoms with Gasteiger partial charge in [0.2, 0.25) is 0 Å². The van der Waals surface area contributed by atoms with Crippen LogP contribution in [-0.4, -0.2) is 32.4 Å². The SMILES string of the molecule is Cc1cc(C)c(S(=O)(=O)N2CCC(C)C(CN)C2)s1. The highest BCUT2D eigenvalue weighted by Crippen LogP contribution is 2.32. The molecule has 1 aromatic rings. The molecule has 0 aliphatic carbocycles. The fourth-order valence-electron chi connectivity index (χ4n) is 2.63. The molecule has 19 heavy (non-hydrogen) atoms. The van der Waals surface area contributed by atoms with Crippen molar-refractivity contribution in [2.75, 3.05) is 19.6 Å². The van der Waals surface area contributed by atoms with Gasteiger partial charge in [0.15, 0.2) is 0 Å². The fraction of sp³-hybridized carbons (Fsp3) is 0.692. The second-order valence-electron chi connectivity index (χ2n) is 5.45. The Hall–Kier alpha value is -0.430. The Balaban J connectivity index is 2.28. The van der Waals surface area contributed by atoms with Crippen molar-refractivity contribution in [1.29, 1.82) is 0 Å². The van der Waals surface area contributed by atoms with E-state index in [1.54, 1.807) is 4.31 Å². The molecule has 0 radical (unpaired) electrons. The van der Waals surface area contributed by atoms with Crippen molar-refractivity contribution in [3.63, 3.8) is 0 Å². The van der Waals surface area contributed by atoms with E-state index < -0.39 is 10.0 Å². The van der Waals surface area contributed by atoms with Gasteiger partial charge in [0.25, 0.3) is 10.0 Å². The van der Waals surface area contributed by atoms with Gasteiger partial charge in [-0.2, -0.15) is 4.31 Å². The molecule has 1 aliphatic rings. The van der Waals surface area contributed by atoms with Crippen LogP contribution in [0.4, 0.5) is 0 Å². The number of aryl methyl sites for hydroxylation is 2. The normalized spacial score (nSPS) is 25.7. The molecule has 108 valence electrons. The molecule has 4 nitrogen and oxygen atoms in total. The van der Waals surface area contributed by atoms with E-state index in [2.05, 4.69) is 6.92 Å². The summed E-state index contributed by atoms with van der Waals surface area (Å²) in [5, 5.41) is 0. The molecule has 1 aromatic heterocycles. The third kappa shape index (κ3) is 2.86. The molecule has 2 heterocycles. The smallest absolute Gasteiger partial charge is 0.252 e. The Morgan fingerprint density at radius 3 is 2.68 bits per heavy atom. The van der Waals surface area contributed by atoms with Crippen molar-refractivity contribution in [2.45, 2.75) is 31.4 Å². The summed E-state index contributed by atoms with van der Waals surface area (Å²) in [5.74, 6) is 0.771. The summed E-state index contributed by atoms with van der Waals surface area (Å²) in [6.45, 7) is 7.67. The van der Waals surface area contributed by atoms with E-state index >= 15 is 0 Å². The van der Waals surface area contributed by atoms with Gasteiger partial charge < -0.3 is 5.73 Å². The minimum atomic E-state index is -3.34. The lowest BCUT2D eigenvalue weighted by Crippen LogP contribution is -2.45. The Labute approximate surface area is 119 Å². The first-order valence-corrected chi connectivity index (χ1v) is 8.89. The number of nitrogens with two attached hydrogens (primary N) is 1. The fourth-order valence-corrected chi connectivity index (χ4v) is 5.95. The summed E-state index contributed by atoms with van der Waals surface area (Å²) >= 11 is 1.36. The van der Waals surface area contributed by atoms with Crippen LogP contribution in [0.15, 0.2) is 10.3 Å². The molecule has 2 unspecified atom stereocenters. The molecule has 1 fully saturated rings. The van der Waals surface area contributed by atoms with Gasteiger partial charge >= 0.3 is 0 Å². The first-order valence-electron chi connectivity index (χ1n) is 6.63. The van der Waals surface area contributed by atoms with Gasteiger partial charge in [-0.25, -0.2) is 8.42 Å². The highest BCUT2D eigenvalue weighted by Gasteiger charge is 2.34. The molecule has 0 saturated carbocycles. The van der Waals surface area contributed by atoms with Crippen molar-refractivity contribution in [1.82, 2.24) is 4.31 Å². The summed E-state index contributed by atoms with van der Waals surface area (Å²) in [4.78, 5) is 1.04. The molecule has 2 atom stereocenters. The number of thiophene rings is 1. The highest BCUT2D eigenvalue weighted by molar-refractivity contribution is 7.91. The van der Waals surface area contributed by atoms with Crippen LogP contribution in [0.2, 0.25) is 0 Å². The molecule has 0 amide bonds. The van der Waals surface area contributed by atoms with Gasteiger partial charge in [0, 0.05) is 18.0 Å². The summed E-state index contributed by atoms with van der Waals surface area (Å²) in [6, 6.07) is 1.94. The Bertz CT molecular complexity index is 551. The molecule has 0 aromatic carbocycles. The number of piperidine rings is 1. The van der Waals surface area contributed by atoms with Crippen LogP contribution >= 0.6 is 11.3 Å². The zero-order valence-corrected chi connectivity index (χ0v) is 13.4. The molecule has 1 saturated heterocycles. The number of hydrogen-bond donors (Lipinski definition) is 1. The predicted octanol–water partition coefficient (Wildman–Crippen LogP) is 1.97. The van der Waals surface area contributed by atoms with E-state index in [-0.39, 0.29) is 5.92 Å². The second-order valence-corrected chi connectivity index (χ2v) is 8.84. The van der Waals surface area contributed by atoms with Crippen LogP contribution in [0.3, 0.4) is 0 Å². The third-order valence-corrected chi connectivity index (χ3v) is 7.58. The standard InChI is InChI=1S/C13H22N2O2S2/c1-9-4-5-15(8-12(9)7-14)19(16,17)13-10(2)6-11(3)18-13/h6,9,12H,4-5,7-8,14H2,1-3H3. The predicted molar refractivity (Wildman–Crippen MR) is 78.9 cm³/mol. The summed E-state index contributed by atoms with van der Waals surface area (Å²) in [7, 11) is -3.34. The van der Waals surface area contributed by atoms with E-state index in [0.717, 1.165) is 16.9 Å².